The van der Waals surface area contributed by atoms with Crippen molar-refractivity contribution < 1.29 is 13.7 Å². The molecule has 0 N–H and O–H groups in total. The van der Waals surface area contributed by atoms with E-state index < -0.39 is 0 Å². The number of amides is 1. The second-order valence-corrected chi connectivity index (χ2v) is 8.14. The van der Waals surface area contributed by atoms with Crippen LogP contribution in [0.25, 0.3) is 17.1 Å². The van der Waals surface area contributed by atoms with E-state index in [1.807, 2.05) is 12.1 Å². The fraction of sp³-hybridized carbons (Fsp3) is 0.217. The third kappa shape index (κ3) is 4.13. The molecule has 162 valence electrons. The van der Waals surface area contributed by atoms with Gasteiger partial charge in [0.2, 0.25) is 11.7 Å². The number of hydrogen-bond donors (Lipinski definition) is 0. The van der Waals surface area contributed by atoms with Crippen molar-refractivity contribution in [2.75, 3.05) is 13.1 Å². The summed E-state index contributed by atoms with van der Waals surface area (Å²) in [6.45, 7) is 1.11. The molecule has 9 heteroatoms. The molecule has 0 bridgehead atoms. The van der Waals surface area contributed by atoms with Gasteiger partial charge < -0.3 is 9.42 Å². The van der Waals surface area contributed by atoms with Crippen LogP contribution in [0, 0.1) is 5.82 Å². The molecule has 1 amide bonds. The van der Waals surface area contributed by atoms with Crippen LogP contribution in [-0.4, -0.2) is 43.8 Å². The van der Waals surface area contributed by atoms with Crippen molar-refractivity contribution in [1.29, 1.82) is 0 Å². The normalized spacial score (nSPS) is 16.3. The lowest BCUT2D eigenvalue weighted by Gasteiger charge is -2.30. The molecule has 1 saturated heterocycles. The maximum Gasteiger partial charge on any atom is 0.257 e. The zero-order valence-corrected chi connectivity index (χ0v) is 17.7. The maximum atomic E-state index is 13.5. The molecule has 1 fully saturated rings. The minimum Gasteiger partial charge on any atom is -0.339 e. The highest BCUT2D eigenvalue weighted by Gasteiger charge is 2.29. The number of nitrogens with zero attached hydrogens (tertiary/aromatic N) is 5. The van der Waals surface area contributed by atoms with Crippen LogP contribution in [0.4, 0.5) is 4.39 Å². The minimum atomic E-state index is -0.359. The zero-order chi connectivity index (χ0) is 22.1. The van der Waals surface area contributed by atoms with Crippen LogP contribution in [0.15, 0.2) is 65.4 Å². The molecule has 0 saturated carbocycles. The van der Waals surface area contributed by atoms with E-state index in [-0.39, 0.29) is 17.6 Å². The van der Waals surface area contributed by atoms with E-state index in [1.54, 1.807) is 46.2 Å². The van der Waals surface area contributed by atoms with E-state index in [0.29, 0.717) is 41.0 Å². The van der Waals surface area contributed by atoms with Crippen LogP contribution in [0.5, 0.6) is 0 Å². The van der Waals surface area contributed by atoms with Crippen LogP contribution in [0.3, 0.4) is 0 Å². The Morgan fingerprint density at radius 2 is 2.03 bits per heavy atom. The summed E-state index contributed by atoms with van der Waals surface area (Å²) in [5, 5.41) is 8.94. The number of benzene rings is 2. The van der Waals surface area contributed by atoms with Crippen LogP contribution >= 0.6 is 11.6 Å². The third-order valence-electron chi connectivity index (χ3n) is 5.50. The van der Waals surface area contributed by atoms with Gasteiger partial charge in [-0.2, -0.15) is 10.1 Å². The zero-order valence-electron chi connectivity index (χ0n) is 17.0. The summed E-state index contributed by atoms with van der Waals surface area (Å²) < 4.78 is 20.6. The Morgan fingerprint density at radius 1 is 1.19 bits per heavy atom. The van der Waals surface area contributed by atoms with Crippen molar-refractivity contribution in [3.8, 4) is 17.1 Å². The average molecular weight is 452 g/mol. The number of rotatable bonds is 4. The number of aromatic nitrogens is 4. The molecular weight excluding hydrogens is 433 g/mol. The van der Waals surface area contributed by atoms with E-state index in [0.717, 1.165) is 18.5 Å². The summed E-state index contributed by atoms with van der Waals surface area (Å²) in [7, 11) is 0. The monoisotopic (exact) mass is 451 g/mol. The summed E-state index contributed by atoms with van der Waals surface area (Å²) in [6.07, 6.45) is 4.93. The van der Waals surface area contributed by atoms with E-state index in [4.69, 9.17) is 16.1 Å². The van der Waals surface area contributed by atoms with Gasteiger partial charge in [-0.1, -0.05) is 28.9 Å². The molecule has 4 aromatic rings. The second-order valence-electron chi connectivity index (χ2n) is 7.71. The fourth-order valence-electron chi connectivity index (χ4n) is 3.86. The quantitative estimate of drug-likeness (QED) is 0.448. The molecule has 1 atom stereocenters. The van der Waals surface area contributed by atoms with Gasteiger partial charge in [-0.3, -0.25) is 4.79 Å². The summed E-state index contributed by atoms with van der Waals surface area (Å²) >= 11 is 5.94. The van der Waals surface area contributed by atoms with Gasteiger partial charge in [0.1, 0.15) is 5.82 Å². The lowest BCUT2D eigenvalue weighted by molar-refractivity contribution is 0.0695. The highest BCUT2D eigenvalue weighted by atomic mass is 35.5. The Hall–Kier alpha value is -3.52. The summed E-state index contributed by atoms with van der Waals surface area (Å²) in [5.74, 6) is 0.266. The highest BCUT2D eigenvalue weighted by Crippen LogP contribution is 2.28. The largest absolute Gasteiger partial charge is 0.339 e. The van der Waals surface area contributed by atoms with Gasteiger partial charge in [0.25, 0.3) is 5.91 Å². The van der Waals surface area contributed by atoms with Gasteiger partial charge in [-0.15, -0.1) is 0 Å². The fourth-order valence-corrected chi connectivity index (χ4v) is 3.99. The average Bonchev–Trinajstić information content (AvgIpc) is 3.50. The molecule has 5 rings (SSSR count). The van der Waals surface area contributed by atoms with Crippen molar-refractivity contribution in [1.82, 2.24) is 24.8 Å². The van der Waals surface area contributed by atoms with Crippen molar-refractivity contribution >= 4 is 17.5 Å². The Labute approximate surface area is 188 Å². The summed E-state index contributed by atoms with van der Waals surface area (Å²) in [6, 6.07) is 13.3. The first kappa shape index (κ1) is 20.4. The molecule has 1 aliphatic heterocycles. The maximum absolute atomic E-state index is 13.5. The molecule has 32 heavy (non-hydrogen) atoms. The van der Waals surface area contributed by atoms with Gasteiger partial charge in [-0.25, -0.2) is 9.07 Å². The molecule has 7 nitrogen and oxygen atoms in total. The molecule has 1 aliphatic rings. The Kier molecular flexibility index (Phi) is 5.45. The van der Waals surface area contributed by atoms with E-state index in [1.165, 1.54) is 12.1 Å². The molecule has 2 aromatic carbocycles. The minimum absolute atomic E-state index is 0.0752. The summed E-state index contributed by atoms with van der Waals surface area (Å²) in [4.78, 5) is 19.3. The Balaban J connectivity index is 1.30. The van der Waals surface area contributed by atoms with E-state index in [9.17, 15) is 9.18 Å². The van der Waals surface area contributed by atoms with Gasteiger partial charge in [-0.05, 0) is 49.2 Å². The molecular formula is C23H19ClFN5O2. The van der Waals surface area contributed by atoms with Gasteiger partial charge in [0, 0.05) is 29.9 Å². The third-order valence-corrected chi connectivity index (χ3v) is 5.76. The second kappa shape index (κ2) is 8.55. The predicted octanol–water partition coefficient (Wildman–Crippen LogP) is 4.73. The molecule has 3 heterocycles. The molecule has 0 spiro atoms. The number of halogens is 2. The Bertz CT molecular complexity index is 1250. The first-order chi connectivity index (χ1) is 15.6. The SMILES string of the molecule is O=C(c1cnn(-c2ccc(Cl)cc2)c1)N1CCCC(c2nc(-c3cccc(F)c3)no2)C1. The van der Waals surface area contributed by atoms with Crippen LogP contribution in [0.1, 0.15) is 35.0 Å². The molecule has 0 radical (unpaired) electrons. The van der Waals surface area contributed by atoms with Crippen LogP contribution in [-0.2, 0) is 0 Å². The lowest BCUT2D eigenvalue weighted by atomic mass is 9.97. The first-order valence-corrected chi connectivity index (χ1v) is 10.6. The van der Waals surface area contributed by atoms with Crippen molar-refractivity contribution in [2.45, 2.75) is 18.8 Å². The number of likely N-dealkylation sites (tertiary alicyclic amines) is 1. The van der Waals surface area contributed by atoms with E-state index >= 15 is 0 Å². The molecule has 2 aromatic heterocycles. The standard InChI is InChI=1S/C23H19ClFN5O2/c24-18-6-8-20(9-7-18)30-14-17(12-26-30)23(31)29-10-2-4-16(13-29)22-27-21(28-32-22)15-3-1-5-19(25)11-15/h1,3,5-9,11-12,14,16H,2,4,10,13H2. The van der Waals surface area contributed by atoms with Crippen LogP contribution in [0.2, 0.25) is 5.02 Å². The number of piperidine rings is 1. The van der Waals surface area contributed by atoms with Gasteiger partial charge in [0.05, 0.1) is 23.4 Å². The predicted molar refractivity (Wildman–Crippen MR) is 116 cm³/mol. The smallest absolute Gasteiger partial charge is 0.257 e. The van der Waals surface area contributed by atoms with E-state index in [2.05, 4.69) is 15.2 Å². The van der Waals surface area contributed by atoms with Gasteiger partial charge >= 0.3 is 0 Å². The Morgan fingerprint density at radius 3 is 2.84 bits per heavy atom. The topological polar surface area (TPSA) is 77.1 Å². The van der Waals surface area contributed by atoms with Crippen molar-refractivity contribution in [3.05, 3.63) is 83.2 Å². The van der Waals surface area contributed by atoms with Crippen molar-refractivity contribution in [2.24, 2.45) is 0 Å². The first-order valence-electron chi connectivity index (χ1n) is 10.3. The lowest BCUT2D eigenvalue weighted by Crippen LogP contribution is -2.39. The molecule has 1 unspecified atom stereocenters. The van der Waals surface area contributed by atoms with Gasteiger partial charge in [0.15, 0.2) is 0 Å². The number of hydrogen-bond acceptors (Lipinski definition) is 5. The van der Waals surface area contributed by atoms with Crippen molar-refractivity contribution in [3.63, 3.8) is 0 Å². The van der Waals surface area contributed by atoms with Crippen LogP contribution < -0.4 is 0 Å². The number of carbonyl (C=O) groups excluding carboxylic acids is 1. The number of carbonyl (C=O) groups is 1. The highest BCUT2D eigenvalue weighted by molar-refractivity contribution is 6.30. The molecule has 0 aliphatic carbocycles. The summed E-state index contributed by atoms with van der Waals surface area (Å²) in [5.41, 5.74) is 1.88.